The third kappa shape index (κ3) is 5.34. The van der Waals surface area contributed by atoms with Gasteiger partial charge in [0.1, 0.15) is 0 Å². The molecule has 1 aromatic rings. The summed E-state index contributed by atoms with van der Waals surface area (Å²) >= 11 is 0. The fourth-order valence-corrected chi connectivity index (χ4v) is 1.41. The van der Waals surface area contributed by atoms with E-state index in [9.17, 15) is 10.1 Å². The average molecular weight is 274 g/mol. The Balaban J connectivity index is 2.66. The highest BCUT2D eigenvalue weighted by Crippen LogP contribution is 2.12. The molecule has 0 spiro atoms. The molecule has 0 radical (unpaired) electrons. The van der Waals surface area contributed by atoms with E-state index < -0.39 is 4.92 Å². The van der Waals surface area contributed by atoms with E-state index in [0.717, 1.165) is 5.56 Å². The molecule has 0 atom stereocenters. The number of rotatable bonds is 7. The summed E-state index contributed by atoms with van der Waals surface area (Å²) in [7, 11) is 0. The predicted octanol–water partition coefficient (Wildman–Crippen LogP) is 2.00. The molecule has 1 aromatic carbocycles. The van der Waals surface area contributed by atoms with Crippen LogP contribution >= 0.6 is 0 Å². The minimum absolute atomic E-state index is 0.0764. The van der Waals surface area contributed by atoms with Crippen molar-refractivity contribution in [1.29, 1.82) is 0 Å². The molecule has 6 nitrogen and oxygen atoms in total. The van der Waals surface area contributed by atoms with Crippen LogP contribution in [0.25, 0.3) is 0 Å². The van der Waals surface area contributed by atoms with Crippen LogP contribution in [0.2, 0.25) is 0 Å². The Labute approximate surface area is 118 Å². The maximum atomic E-state index is 10.6. The van der Waals surface area contributed by atoms with Crippen molar-refractivity contribution >= 4 is 11.6 Å². The van der Waals surface area contributed by atoms with E-state index in [-0.39, 0.29) is 5.69 Å². The number of aliphatic imine (C=N–C) groups is 1. The van der Waals surface area contributed by atoms with Gasteiger partial charge in [-0.1, -0.05) is 24.3 Å². The zero-order valence-corrected chi connectivity index (χ0v) is 11.2. The Bertz CT molecular complexity index is 480. The maximum Gasteiger partial charge on any atom is 0.269 e. The van der Waals surface area contributed by atoms with Crippen molar-refractivity contribution in [2.45, 2.75) is 6.54 Å². The highest BCUT2D eigenvalue weighted by Gasteiger charge is 2.03. The Morgan fingerprint density at radius 3 is 2.20 bits per heavy atom. The lowest BCUT2D eigenvalue weighted by atomic mass is 10.2. The molecule has 0 saturated carbocycles. The van der Waals surface area contributed by atoms with Crippen LogP contribution in [-0.4, -0.2) is 24.0 Å². The number of nitrogens with one attached hydrogen (secondary N) is 2. The van der Waals surface area contributed by atoms with Crippen molar-refractivity contribution < 1.29 is 4.92 Å². The fraction of sp³-hybridized carbons (Fsp3) is 0.214. The van der Waals surface area contributed by atoms with E-state index in [4.69, 9.17) is 0 Å². The monoisotopic (exact) mass is 274 g/mol. The first-order valence-corrected chi connectivity index (χ1v) is 6.14. The van der Waals surface area contributed by atoms with Gasteiger partial charge in [0.2, 0.25) is 0 Å². The van der Waals surface area contributed by atoms with Gasteiger partial charge in [-0.3, -0.25) is 10.1 Å². The summed E-state index contributed by atoms with van der Waals surface area (Å²) in [6.45, 7) is 8.89. The molecule has 0 saturated heterocycles. The Hall–Kier alpha value is -2.63. The van der Waals surface area contributed by atoms with E-state index in [1.54, 1.807) is 24.3 Å². The summed E-state index contributed by atoms with van der Waals surface area (Å²) in [5.41, 5.74) is 0.974. The summed E-state index contributed by atoms with van der Waals surface area (Å²) in [5, 5.41) is 16.7. The molecule has 0 unspecified atom stereocenters. The van der Waals surface area contributed by atoms with Crippen molar-refractivity contribution in [1.82, 2.24) is 10.6 Å². The summed E-state index contributed by atoms with van der Waals surface area (Å²) in [5.74, 6) is 0.642. The van der Waals surface area contributed by atoms with Crippen molar-refractivity contribution in [3.8, 4) is 0 Å². The number of non-ortho nitro benzene ring substituents is 1. The van der Waals surface area contributed by atoms with Gasteiger partial charge in [0, 0.05) is 25.2 Å². The van der Waals surface area contributed by atoms with Crippen molar-refractivity contribution in [3.63, 3.8) is 0 Å². The number of nitro groups is 1. The maximum absolute atomic E-state index is 10.6. The number of benzene rings is 1. The molecule has 0 aliphatic heterocycles. The standard InChI is InChI=1S/C14H18N4O2/c1-3-9-15-14(16-10-4-2)17-11-12-5-7-13(8-6-12)18(19)20/h3-8H,1-2,9-11H2,(H2,15,16,17). The van der Waals surface area contributed by atoms with Gasteiger partial charge >= 0.3 is 0 Å². The molecule has 0 bridgehead atoms. The van der Waals surface area contributed by atoms with Gasteiger partial charge in [0.25, 0.3) is 5.69 Å². The van der Waals surface area contributed by atoms with E-state index in [1.807, 2.05) is 0 Å². The van der Waals surface area contributed by atoms with Crippen molar-refractivity contribution in [2.75, 3.05) is 13.1 Å². The van der Waals surface area contributed by atoms with Gasteiger partial charge in [-0.2, -0.15) is 0 Å². The lowest BCUT2D eigenvalue weighted by Crippen LogP contribution is -2.37. The van der Waals surface area contributed by atoms with Gasteiger partial charge in [0.15, 0.2) is 5.96 Å². The smallest absolute Gasteiger partial charge is 0.269 e. The van der Waals surface area contributed by atoms with Crippen LogP contribution < -0.4 is 10.6 Å². The molecule has 0 aromatic heterocycles. The number of hydrogen-bond acceptors (Lipinski definition) is 3. The first-order chi connectivity index (χ1) is 9.67. The fourth-order valence-electron chi connectivity index (χ4n) is 1.41. The summed E-state index contributed by atoms with van der Waals surface area (Å²) < 4.78 is 0. The Morgan fingerprint density at radius 1 is 1.20 bits per heavy atom. The third-order valence-corrected chi connectivity index (χ3v) is 2.39. The molecule has 0 fully saturated rings. The van der Waals surface area contributed by atoms with Gasteiger partial charge in [-0.05, 0) is 5.56 Å². The molecule has 20 heavy (non-hydrogen) atoms. The molecule has 6 heteroatoms. The molecule has 0 aliphatic rings. The lowest BCUT2D eigenvalue weighted by molar-refractivity contribution is -0.384. The lowest BCUT2D eigenvalue weighted by Gasteiger charge is -2.09. The third-order valence-electron chi connectivity index (χ3n) is 2.39. The molecule has 0 aliphatic carbocycles. The van der Waals surface area contributed by atoms with Crippen LogP contribution in [0.15, 0.2) is 54.6 Å². The van der Waals surface area contributed by atoms with Crippen LogP contribution in [0.3, 0.4) is 0 Å². The number of nitrogens with zero attached hydrogens (tertiary/aromatic N) is 2. The van der Waals surface area contributed by atoms with Gasteiger partial charge in [-0.25, -0.2) is 4.99 Å². The van der Waals surface area contributed by atoms with Crippen molar-refractivity contribution in [2.24, 2.45) is 4.99 Å². The second-order valence-electron chi connectivity index (χ2n) is 3.93. The largest absolute Gasteiger partial charge is 0.353 e. The average Bonchev–Trinajstić information content (AvgIpc) is 2.47. The van der Waals surface area contributed by atoms with Gasteiger partial charge in [0.05, 0.1) is 11.5 Å². The number of nitro benzene ring substituents is 1. The van der Waals surface area contributed by atoms with Crippen LogP contribution in [0, 0.1) is 10.1 Å². The minimum Gasteiger partial charge on any atom is -0.353 e. The molecule has 0 amide bonds. The molecule has 1 rings (SSSR count). The molecule has 106 valence electrons. The van der Waals surface area contributed by atoms with Crippen LogP contribution in [-0.2, 0) is 6.54 Å². The topological polar surface area (TPSA) is 79.6 Å². The molecule has 0 heterocycles. The highest BCUT2D eigenvalue weighted by atomic mass is 16.6. The summed E-state index contributed by atoms with van der Waals surface area (Å²) in [6, 6.07) is 6.33. The molecule has 2 N–H and O–H groups in total. The Kier molecular flexibility index (Phi) is 6.53. The van der Waals surface area contributed by atoms with E-state index >= 15 is 0 Å². The second-order valence-corrected chi connectivity index (χ2v) is 3.93. The zero-order valence-electron chi connectivity index (χ0n) is 11.2. The molecular weight excluding hydrogens is 256 g/mol. The first-order valence-electron chi connectivity index (χ1n) is 6.14. The zero-order chi connectivity index (χ0) is 14.8. The highest BCUT2D eigenvalue weighted by molar-refractivity contribution is 5.80. The van der Waals surface area contributed by atoms with E-state index in [1.165, 1.54) is 12.1 Å². The summed E-state index contributed by atoms with van der Waals surface area (Å²) in [6.07, 6.45) is 3.47. The molecular formula is C14H18N4O2. The quantitative estimate of drug-likeness (QED) is 0.262. The van der Waals surface area contributed by atoms with Crippen molar-refractivity contribution in [3.05, 3.63) is 65.3 Å². The van der Waals surface area contributed by atoms with Crippen LogP contribution in [0.5, 0.6) is 0 Å². The van der Waals surface area contributed by atoms with Gasteiger partial charge < -0.3 is 10.6 Å². The van der Waals surface area contributed by atoms with Crippen LogP contribution in [0.4, 0.5) is 5.69 Å². The SMILES string of the molecule is C=CCNC(=NCc1ccc([N+](=O)[O-])cc1)NCC=C. The van der Waals surface area contributed by atoms with Crippen LogP contribution in [0.1, 0.15) is 5.56 Å². The number of hydrogen-bond donors (Lipinski definition) is 2. The normalized spacial score (nSPS) is 9.40. The van der Waals surface area contributed by atoms with E-state index in [0.29, 0.717) is 25.6 Å². The summed E-state index contributed by atoms with van der Waals surface area (Å²) in [4.78, 5) is 14.5. The Morgan fingerprint density at radius 2 is 1.75 bits per heavy atom. The van der Waals surface area contributed by atoms with E-state index in [2.05, 4.69) is 28.8 Å². The first kappa shape index (κ1) is 15.4. The second kappa shape index (κ2) is 8.47. The van der Waals surface area contributed by atoms with Gasteiger partial charge in [-0.15, -0.1) is 13.2 Å². The minimum atomic E-state index is -0.421. The predicted molar refractivity (Wildman–Crippen MR) is 80.6 cm³/mol. The number of guanidine groups is 1.